The zero-order chi connectivity index (χ0) is 14.8. The lowest BCUT2D eigenvalue weighted by Gasteiger charge is -2.12. The Balaban J connectivity index is 3.16. The highest BCUT2D eigenvalue weighted by molar-refractivity contribution is 8.13. The molecule has 1 rings (SSSR count). The SMILES string of the molecule is NC(=O)c1cc(S(=O)(=O)Cl)ccc1OCC(F)(F)F. The van der Waals surface area contributed by atoms with E-state index < -0.39 is 43.9 Å². The number of hydrogen-bond donors (Lipinski definition) is 1. The first kappa shape index (κ1) is 15.6. The molecular weight excluding hydrogens is 311 g/mol. The second-order valence-corrected chi connectivity index (χ2v) is 5.93. The van der Waals surface area contributed by atoms with Crippen molar-refractivity contribution in [3.05, 3.63) is 23.8 Å². The highest BCUT2D eigenvalue weighted by Crippen LogP contribution is 2.26. The molecule has 0 unspecified atom stereocenters. The van der Waals surface area contributed by atoms with Gasteiger partial charge in [-0.25, -0.2) is 8.42 Å². The number of primary amides is 1. The van der Waals surface area contributed by atoms with Crippen molar-refractivity contribution in [2.24, 2.45) is 5.73 Å². The first-order valence-corrected chi connectivity index (χ1v) is 6.90. The van der Waals surface area contributed by atoms with Crippen LogP contribution >= 0.6 is 10.7 Å². The van der Waals surface area contributed by atoms with Crippen molar-refractivity contribution in [2.75, 3.05) is 6.61 Å². The number of amides is 1. The van der Waals surface area contributed by atoms with E-state index in [0.717, 1.165) is 18.2 Å². The highest BCUT2D eigenvalue weighted by Gasteiger charge is 2.29. The third kappa shape index (κ3) is 4.60. The fourth-order valence-electron chi connectivity index (χ4n) is 1.14. The molecule has 1 aromatic carbocycles. The number of benzene rings is 1. The van der Waals surface area contributed by atoms with Gasteiger partial charge in [-0.1, -0.05) is 0 Å². The first-order valence-electron chi connectivity index (χ1n) is 4.59. The quantitative estimate of drug-likeness (QED) is 0.856. The van der Waals surface area contributed by atoms with Gasteiger partial charge in [-0.2, -0.15) is 13.2 Å². The Morgan fingerprint density at radius 2 is 1.95 bits per heavy atom. The van der Waals surface area contributed by atoms with E-state index in [2.05, 4.69) is 4.74 Å². The molecule has 0 aliphatic carbocycles. The van der Waals surface area contributed by atoms with Gasteiger partial charge in [0, 0.05) is 10.7 Å². The lowest BCUT2D eigenvalue weighted by Crippen LogP contribution is -2.21. The fraction of sp³-hybridized carbons (Fsp3) is 0.222. The molecule has 106 valence electrons. The molecule has 5 nitrogen and oxygen atoms in total. The van der Waals surface area contributed by atoms with Crippen molar-refractivity contribution in [1.29, 1.82) is 0 Å². The molecule has 0 fully saturated rings. The lowest BCUT2D eigenvalue weighted by molar-refractivity contribution is -0.153. The van der Waals surface area contributed by atoms with Gasteiger partial charge in [0.15, 0.2) is 6.61 Å². The zero-order valence-corrected chi connectivity index (χ0v) is 10.6. The number of alkyl halides is 3. The van der Waals surface area contributed by atoms with E-state index in [4.69, 9.17) is 16.4 Å². The predicted molar refractivity (Wildman–Crippen MR) is 59.5 cm³/mol. The summed E-state index contributed by atoms with van der Waals surface area (Å²) in [5.74, 6) is -1.62. The van der Waals surface area contributed by atoms with E-state index in [1.807, 2.05) is 0 Å². The van der Waals surface area contributed by atoms with Gasteiger partial charge in [-0.15, -0.1) is 0 Å². The minimum atomic E-state index is -4.61. The van der Waals surface area contributed by atoms with Gasteiger partial charge in [0.25, 0.3) is 15.0 Å². The molecule has 0 saturated heterocycles. The number of carbonyl (C=O) groups is 1. The predicted octanol–water partition coefficient (Wildman–Crippen LogP) is 1.65. The van der Waals surface area contributed by atoms with Crippen molar-refractivity contribution in [3.63, 3.8) is 0 Å². The van der Waals surface area contributed by atoms with Crippen LogP contribution in [-0.4, -0.2) is 27.1 Å². The van der Waals surface area contributed by atoms with Crippen LogP contribution in [0.5, 0.6) is 5.75 Å². The Labute approximate surface area is 110 Å². The molecule has 0 atom stereocenters. The maximum absolute atomic E-state index is 12.0. The summed E-state index contributed by atoms with van der Waals surface area (Å²) < 4.78 is 62.4. The molecular formula is C9H7ClF3NO4S. The van der Waals surface area contributed by atoms with E-state index in [9.17, 15) is 26.4 Å². The normalized spacial score (nSPS) is 12.2. The maximum Gasteiger partial charge on any atom is 0.422 e. The monoisotopic (exact) mass is 317 g/mol. The fourth-order valence-corrected chi connectivity index (χ4v) is 1.92. The summed E-state index contributed by atoms with van der Waals surface area (Å²) in [6, 6.07) is 2.53. The van der Waals surface area contributed by atoms with Crippen molar-refractivity contribution in [2.45, 2.75) is 11.1 Å². The van der Waals surface area contributed by atoms with Gasteiger partial charge >= 0.3 is 6.18 Å². The third-order valence-corrected chi connectivity index (χ3v) is 3.24. The largest absolute Gasteiger partial charge is 0.483 e. The van der Waals surface area contributed by atoms with Gasteiger partial charge in [-0.3, -0.25) is 4.79 Å². The molecule has 0 aliphatic heterocycles. The van der Waals surface area contributed by atoms with Crippen LogP contribution in [0.25, 0.3) is 0 Å². The molecule has 0 aliphatic rings. The molecule has 0 bridgehead atoms. The number of hydrogen-bond acceptors (Lipinski definition) is 4. The number of halogens is 4. The van der Waals surface area contributed by atoms with Crippen LogP contribution in [0.4, 0.5) is 13.2 Å². The van der Waals surface area contributed by atoms with Crippen LogP contribution < -0.4 is 10.5 Å². The molecule has 0 radical (unpaired) electrons. The topological polar surface area (TPSA) is 86.5 Å². The second-order valence-electron chi connectivity index (χ2n) is 3.36. The summed E-state index contributed by atoms with van der Waals surface area (Å²) in [7, 11) is 0.904. The van der Waals surface area contributed by atoms with Crippen molar-refractivity contribution >= 4 is 25.6 Å². The Kier molecular flexibility index (Phi) is 4.31. The number of carbonyl (C=O) groups excluding carboxylic acids is 1. The molecule has 2 N–H and O–H groups in total. The standard InChI is InChI=1S/C9H7ClF3NO4S/c10-19(16,17)5-1-2-7(6(3-5)8(14)15)18-4-9(11,12)13/h1-3H,4H2,(H2,14,15). The minimum Gasteiger partial charge on any atom is -0.483 e. The maximum atomic E-state index is 12.0. The van der Waals surface area contributed by atoms with Gasteiger partial charge in [0.05, 0.1) is 10.5 Å². The van der Waals surface area contributed by atoms with Crippen LogP contribution in [-0.2, 0) is 9.05 Å². The summed E-state index contributed by atoms with van der Waals surface area (Å²) in [5.41, 5.74) is 4.42. The van der Waals surface area contributed by atoms with Gasteiger partial charge < -0.3 is 10.5 Å². The van der Waals surface area contributed by atoms with Crippen LogP contribution in [0, 0.1) is 0 Å². The minimum absolute atomic E-state index is 0.470. The molecule has 0 saturated carbocycles. The van der Waals surface area contributed by atoms with Crippen molar-refractivity contribution < 1.29 is 31.1 Å². The lowest BCUT2D eigenvalue weighted by atomic mass is 10.2. The summed E-state index contributed by atoms with van der Waals surface area (Å²) in [4.78, 5) is 10.6. The zero-order valence-electron chi connectivity index (χ0n) is 9.07. The number of nitrogens with two attached hydrogens (primary N) is 1. The average molecular weight is 318 g/mol. The molecule has 1 aromatic rings. The summed E-state index contributed by atoms with van der Waals surface area (Å²) in [5, 5.41) is 0. The average Bonchev–Trinajstić information content (AvgIpc) is 2.23. The van der Waals surface area contributed by atoms with Crippen LogP contribution in [0.1, 0.15) is 10.4 Å². The molecule has 0 heterocycles. The van der Waals surface area contributed by atoms with Crippen molar-refractivity contribution in [1.82, 2.24) is 0 Å². The molecule has 19 heavy (non-hydrogen) atoms. The Bertz CT molecular complexity index is 600. The Hall–Kier alpha value is -1.48. The van der Waals surface area contributed by atoms with Gasteiger partial charge in [-0.05, 0) is 18.2 Å². The van der Waals surface area contributed by atoms with Gasteiger partial charge in [0.1, 0.15) is 5.75 Å². The smallest absolute Gasteiger partial charge is 0.422 e. The first-order chi connectivity index (χ1) is 8.50. The number of rotatable bonds is 4. The second kappa shape index (κ2) is 5.25. The third-order valence-electron chi connectivity index (χ3n) is 1.89. The summed E-state index contributed by atoms with van der Waals surface area (Å²) >= 11 is 0. The summed E-state index contributed by atoms with van der Waals surface area (Å²) in [6.07, 6.45) is -4.61. The summed E-state index contributed by atoms with van der Waals surface area (Å²) in [6.45, 7) is -1.64. The molecule has 1 amide bonds. The molecule has 0 aromatic heterocycles. The molecule has 10 heteroatoms. The van der Waals surface area contributed by atoms with E-state index in [1.54, 1.807) is 0 Å². The Morgan fingerprint density at radius 1 is 1.37 bits per heavy atom. The van der Waals surface area contributed by atoms with E-state index in [0.29, 0.717) is 0 Å². The Morgan fingerprint density at radius 3 is 2.37 bits per heavy atom. The van der Waals surface area contributed by atoms with E-state index in [-0.39, 0.29) is 0 Å². The van der Waals surface area contributed by atoms with E-state index in [1.165, 1.54) is 0 Å². The van der Waals surface area contributed by atoms with Gasteiger partial charge in [0.2, 0.25) is 0 Å². The molecule has 0 spiro atoms. The van der Waals surface area contributed by atoms with Crippen LogP contribution in [0.2, 0.25) is 0 Å². The highest BCUT2D eigenvalue weighted by atomic mass is 35.7. The van der Waals surface area contributed by atoms with Crippen LogP contribution in [0.3, 0.4) is 0 Å². The van der Waals surface area contributed by atoms with E-state index >= 15 is 0 Å². The van der Waals surface area contributed by atoms with Crippen LogP contribution in [0.15, 0.2) is 23.1 Å². The number of ether oxygens (including phenoxy) is 1. The van der Waals surface area contributed by atoms with Crippen molar-refractivity contribution in [3.8, 4) is 5.75 Å².